The Labute approximate surface area is 301 Å². The quantitative estimate of drug-likeness (QED) is 0.270. The Bertz CT molecular complexity index is 7.64. The van der Waals surface area contributed by atoms with Crippen LogP contribution in [0.5, 0.6) is 0 Å². The normalized spacial score (nSPS) is 0. The van der Waals surface area contributed by atoms with E-state index in [9.17, 15) is 0 Å². The van der Waals surface area contributed by atoms with E-state index in [1.807, 2.05) is 0 Å². The summed E-state index contributed by atoms with van der Waals surface area (Å²) in [6, 6.07) is 0. The second-order valence-corrected chi connectivity index (χ2v) is 0. The van der Waals surface area contributed by atoms with Crippen molar-refractivity contribution in [2.75, 3.05) is 0 Å². The second kappa shape index (κ2) is 43.4. The molecule has 0 heterocycles. The van der Waals surface area contributed by atoms with Gasteiger partial charge in [0.25, 0.3) is 0 Å². The zero-order chi connectivity index (χ0) is 0. The first kappa shape index (κ1) is 51.7. The molecule has 0 aliphatic rings. The van der Waals surface area contributed by atoms with Crippen molar-refractivity contribution in [3.8, 4) is 0 Å². The summed E-state index contributed by atoms with van der Waals surface area (Å²) in [5.74, 6) is 0. The maximum atomic E-state index is 0. The fourth-order valence-electron chi connectivity index (χ4n) is 0. The predicted molar refractivity (Wildman–Crippen MR) is 17.3 cm³/mol. The minimum Gasteiger partial charge on any atom is 0 e. The van der Waals surface area contributed by atoms with Crippen LogP contribution in [-0.2, 0) is 0 Å². The Balaban J connectivity index is 0. The van der Waals surface area contributed by atoms with Gasteiger partial charge in [-0.05, 0) is 0 Å². The molecule has 0 fully saturated rings. The van der Waals surface area contributed by atoms with E-state index in [1.54, 1.807) is 0 Å². The summed E-state index contributed by atoms with van der Waals surface area (Å²) in [5, 5.41) is 0. The minimum atomic E-state index is 0. The SMILES string of the molecule is [Bi].[Bi].[Bi].[Yb].[Yb].[Yb].[Yb].[Yb]. The fraction of sp³-hybridized carbons (Fsp3) is 0. The van der Waals surface area contributed by atoms with Crippen molar-refractivity contribution in [2.24, 2.45) is 0 Å². The van der Waals surface area contributed by atoms with E-state index in [-0.39, 0.29) is 313 Å². The number of hydrogen-bond acceptors (Lipinski definition) is 0. The van der Waals surface area contributed by atoms with E-state index in [2.05, 4.69) is 0 Å². The molecular weight excluding hydrogens is 1490 g/mol. The monoisotopic (exact) mass is 1500 g/mol. The van der Waals surface area contributed by atoms with Crippen LogP contribution in [0.25, 0.3) is 0 Å². The summed E-state index contributed by atoms with van der Waals surface area (Å²) in [7, 11) is 0. The van der Waals surface area contributed by atoms with Gasteiger partial charge in [-0.1, -0.05) is 0 Å². The molecule has 85 valence electrons. The van der Waals surface area contributed by atoms with Crippen molar-refractivity contribution in [3.63, 3.8) is 0 Å². The standard InChI is InChI=1S/3Bi.5Yb. The van der Waals surface area contributed by atoms with Crippen LogP contribution in [0.3, 0.4) is 0 Å². The first-order valence-electron chi connectivity index (χ1n) is 0. The number of rotatable bonds is 0. The average Bonchev–Trinajstić information content (AvgIpc) is 0. The van der Waals surface area contributed by atoms with Crippen molar-refractivity contribution < 1.29 is 235 Å². The first-order valence-corrected chi connectivity index (χ1v) is 0. The Morgan fingerprint density at radius 1 is 0.250 bits per heavy atom. The summed E-state index contributed by atoms with van der Waals surface area (Å²) < 4.78 is 0. The van der Waals surface area contributed by atoms with E-state index in [0.717, 1.165) is 0 Å². The molecule has 0 aliphatic carbocycles. The van der Waals surface area contributed by atoms with Gasteiger partial charge >= 0.3 is 0 Å². The average molecular weight is 1490 g/mol. The van der Waals surface area contributed by atoms with Gasteiger partial charge in [-0.25, -0.2) is 0 Å². The van der Waals surface area contributed by atoms with E-state index in [1.165, 1.54) is 0 Å². The third kappa shape index (κ3) is 36.0. The molecule has 9 radical (unpaired) electrons. The van der Waals surface area contributed by atoms with Crippen molar-refractivity contribution in [3.05, 3.63) is 0 Å². The molecule has 0 saturated carbocycles. The van der Waals surface area contributed by atoms with Gasteiger partial charge in [0.05, 0.1) is 0 Å². The van der Waals surface area contributed by atoms with Gasteiger partial charge in [-0.3, -0.25) is 0 Å². The molecule has 0 aromatic carbocycles. The van der Waals surface area contributed by atoms with Crippen LogP contribution in [0.2, 0.25) is 0 Å². The van der Waals surface area contributed by atoms with Crippen molar-refractivity contribution in [1.82, 2.24) is 0 Å². The summed E-state index contributed by atoms with van der Waals surface area (Å²) in [6.45, 7) is 0. The molecule has 0 unspecified atom stereocenters. The largest absolute Gasteiger partial charge is 0 e. The summed E-state index contributed by atoms with van der Waals surface area (Å²) in [4.78, 5) is 0. The summed E-state index contributed by atoms with van der Waals surface area (Å²) in [6.07, 6.45) is 0. The van der Waals surface area contributed by atoms with Crippen molar-refractivity contribution in [2.45, 2.75) is 0 Å². The molecule has 0 nitrogen and oxygen atoms in total. The van der Waals surface area contributed by atoms with Gasteiger partial charge in [0.1, 0.15) is 0 Å². The molecule has 0 bridgehead atoms. The molecule has 0 spiro atoms. The molecule has 0 aromatic rings. The van der Waals surface area contributed by atoms with Gasteiger partial charge in [-0.2, -0.15) is 0 Å². The van der Waals surface area contributed by atoms with Crippen LogP contribution in [0.4, 0.5) is 0 Å². The molecule has 0 atom stereocenters. The van der Waals surface area contributed by atoms with Gasteiger partial charge in [0.2, 0.25) is 0 Å². The maximum absolute atomic E-state index is 0. The van der Waals surface area contributed by atoms with E-state index in [4.69, 9.17) is 0 Å². The van der Waals surface area contributed by atoms with Crippen LogP contribution in [0.15, 0.2) is 0 Å². The molecule has 0 aromatic heterocycles. The third-order valence-electron chi connectivity index (χ3n) is 0. The molecule has 0 saturated heterocycles. The van der Waals surface area contributed by atoms with Gasteiger partial charge in [-0.15, -0.1) is 0 Å². The Morgan fingerprint density at radius 3 is 0.250 bits per heavy atom. The van der Waals surface area contributed by atoms with Crippen LogP contribution in [0.1, 0.15) is 0 Å². The van der Waals surface area contributed by atoms with Gasteiger partial charge in [0.15, 0.2) is 0 Å². The van der Waals surface area contributed by atoms with Gasteiger partial charge < -0.3 is 0 Å². The molecule has 8 heavy (non-hydrogen) atoms. The van der Waals surface area contributed by atoms with Crippen molar-refractivity contribution >= 4 is 78.6 Å². The fourth-order valence-corrected chi connectivity index (χ4v) is 0. The van der Waals surface area contributed by atoms with E-state index >= 15 is 0 Å². The first-order chi connectivity index (χ1) is 0. The molecule has 0 rings (SSSR count). The van der Waals surface area contributed by atoms with E-state index < -0.39 is 0 Å². The van der Waals surface area contributed by atoms with Crippen LogP contribution in [-0.4, -0.2) is 78.6 Å². The second-order valence-electron chi connectivity index (χ2n) is 0. The Hall–Kier alpha value is 10.2. The molecule has 0 amide bonds. The van der Waals surface area contributed by atoms with Crippen LogP contribution < -0.4 is 0 Å². The molecular formula is Bi3Yb5. The number of hydrogen-bond donors (Lipinski definition) is 0. The Morgan fingerprint density at radius 2 is 0.250 bits per heavy atom. The van der Waals surface area contributed by atoms with Gasteiger partial charge in [0, 0.05) is 313 Å². The smallest absolute Gasteiger partial charge is 0 e. The topological polar surface area (TPSA) is 0 Å². The maximum Gasteiger partial charge on any atom is 0 e. The molecule has 0 N–H and O–H groups in total. The van der Waals surface area contributed by atoms with Crippen LogP contribution in [0, 0.1) is 235 Å². The zero-order valence-electron chi connectivity index (χ0n) is 2.68. The summed E-state index contributed by atoms with van der Waals surface area (Å²) >= 11 is 0. The van der Waals surface area contributed by atoms with Crippen LogP contribution >= 0.6 is 0 Å². The minimum absolute atomic E-state index is 0. The molecule has 8 heteroatoms. The molecule has 0 aliphatic heterocycles. The predicted octanol–water partition coefficient (Wildman–Crippen LogP) is -1.14. The third-order valence-corrected chi connectivity index (χ3v) is 0. The summed E-state index contributed by atoms with van der Waals surface area (Å²) in [5.41, 5.74) is 0. The Kier molecular flexibility index (Phi) is 280. The zero-order valence-corrected chi connectivity index (χ0v) is 21.7. The van der Waals surface area contributed by atoms with Crippen molar-refractivity contribution in [1.29, 1.82) is 0 Å². The van der Waals surface area contributed by atoms with E-state index in [0.29, 0.717) is 0 Å².